The maximum absolute atomic E-state index is 12.2. The minimum Gasteiger partial charge on any atom is -0.480 e. The van der Waals surface area contributed by atoms with Gasteiger partial charge in [0.25, 0.3) is 5.91 Å². The van der Waals surface area contributed by atoms with E-state index in [1.807, 2.05) is 0 Å². The number of hydrogen-bond acceptors (Lipinski definition) is 6. The van der Waals surface area contributed by atoms with Gasteiger partial charge >= 0.3 is 18.0 Å². The number of rotatable bonds is 5. The van der Waals surface area contributed by atoms with Gasteiger partial charge in [-0.2, -0.15) is 0 Å². The molecule has 9 heteroatoms. The molecule has 28 heavy (non-hydrogen) atoms. The van der Waals surface area contributed by atoms with Crippen LogP contribution in [0, 0.1) is 6.92 Å². The van der Waals surface area contributed by atoms with Gasteiger partial charge in [0, 0.05) is 11.6 Å². The smallest absolute Gasteiger partial charge is 0.338 e. The molecule has 3 rings (SSSR count). The summed E-state index contributed by atoms with van der Waals surface area (Å²) in [5, 5.41) is 11.1. The van der Waals surface area contributed by atoms with Crippen molar-refractivity contribution in [2.24, 2.45) is 0 Å². The van der Waals surface area contributed by atoms with Crippen LogP contribution in [0.5, 0.6) is 0 Å². The van der Waals surface area contributed by atoms with Gasteiger partial charge in [-0.05, 0) is 30.7 Å². The molecule has 0 bridgehead atoms. The lowest BCUT2D eigenvalue weighted by Gasteiger charge is -2.07. The number of nitrogens with one attached hydrogen (secondary N) is 1. The van der Waals surface area contributed by atoms with Gasteiger partial charge in [-0.25, -0.2) is 14.5 Å². The van der Waals surface area contributed by atoms with E-state index in [2.05, 4.69) is 5.32 Å². The molecule has 1 aromatic carbocycles. The maximum atomic E-state index is 12.2. The predicted octanol–water partition coefficient (Wildman–Crippen LogP) is 2.02. The van der Waals surface area contributed by atoms with Crippen molar-refractivity contribution in [2.75, 3.05) is 13.7 Å². The summed E-state index contributed by atoms with van der Waals surface area (Å²) in [5.74, 6) is -1.79. The number of aliphatic carboxylic acids is 1. The van der Waals surface area contributed by atoms with Crippen LogP contribution in [0.3, 0.4) is 0 Å². The molecule has 144 valence electrons. The predicted molar refractivity (Wildman–Crippen MR) is 96.1 cm³/mol. The third kappa shape index (κ3) is 3.50. The Morgan fingerprint density at radius 2 is 2.00 bits per heavy atom. The van der Waals surface area contributed by atoms with E-state index in [-0.39, 0.29) is 11.5 Å². The van der Waals surface area contributed by atoms with Crippen LogP contribution in [0.1, 0.15) is 21.7 Å². The lowest BCUT2D eigenvalue weighted by Crippen LogP contribution is -2.35. The van der Waals surface area contributed by atoms with Crippen LogP contribution in [-0.4, -0.2) is 47.5 Å². The van der Waals surface area contributed by atoms with Crippen molar-refractivity contribution >= 4 is 30.0 Å². The Balaban J connectivity index is 1.89. The molecule has 0 unspecified atom stereocenters. The summed E-state index contributed by atoms with van der Waals surface area (Å²) in [5.41, 5.74) is 1.65. The normalized spacial score (nSPS) is 15.1. The van der Waals surface area contributed by atoms with Crippen molar-refractivity contribution in [1.82, 2.24) is 10.2 Å². The van der Waals surface area contributed by atoms with Gasteiger partial charge in [-0.3, -0.25) is 9.59 Å². The standard InChI is InChI=1S/C19H16N2O7/c1-10-12(4-3-5-13(10)18(25)27-2)15-7-6-11(28-15)8-14-17(24)21(9-16(22)23)19(26)20-14/h3-8H,9H2,1-2H3,(H,20,26)(H,22,23)/b14-8+. The van der Waals surface area contributed by atoms with E-state index in [1.54, 1.807) is 37.3 Å². The molecule has 0 atom stereocenters. The van der Waals surface area contributed by atoms with Gasteiger partial charge in [-0.1, -0.05) is 12.1 Å². The fraction of sp³-hybridized carbons (Fsp3) is 0.158. The van der Waals surface area contributed by atoms with Crippen LogP contribution in [0.4, 0.5) is 4.79 Å². The van der Waals surface area contributed by atoms with E-state index < -0.39 is 30.4 Å². The number of imide groups is 1. The van der Waals surface area contributed by atoms with E-state index in [4.69, 9.17) is 14.3 Å². The molecule has 2 N–H and O–H groups in total. The number of carboxylic acids is 1. The van der Waals surface area contributed by atoms with Gasteiger partial charge in [0.05, 0.1) is 12.7 Å². The number of carboxylic acid groups (broad SMARTS) is 1. The summed E-state index contributed by atoms with van der Waals surface area (Å²) >= 11 is 0. The number of hydrogen-bond donors (Lipinski definition) is 2. The van der Waals surface area contributed by atoms with E-state index in [1.165, 1.54) is 13.2 Å². The summed E-state index contributed by atoms with van der Waals surface area (Å²) in [4.78, 5) is 47.1. The number of urea groups is 1. The summed E-state index contributed by atoms with van der Waals surface area (Å²) in [6.45, 7) is 1.03. The summed E-state index contributed by atoms with van der Waals surface area (Å²) in [6.07, 6.45) is 1.31. The van der Waals surface area contributed by atoms with Crippen molar-refractivity contribution < 1.29 is 33.4 Å². The van der Waals surface area contributed by atoms with E-state index >= 15 is 0 Å². The Morgan fingerprint density at radius 3 is 2.68 bits per heavy atom. The van der Waals surface area contributed by atoms with Gasteiger partial charge in [0.1, 0.15) is 23.8 Å². The fourth-order valence-corrected chi connectivity index (χ4v) is 2.80. The summed E-state index contributed by atoms with van der Waals surface area (Å²) < 4.78 is 10.5. The van der Waals surface area contributed by atoms with Gasteiger partial charge in [0.2, 0.25) is 0 Å². The van der Waals surface area contributed by atoms with Gasteiger partial charge in [-0.15, -0.1) is 0 Å². The molecule has 1 fully saturated rings. The molecule has 1 aromatic heterocycles. The minimum atomic E-state index is -1.30. The number of carbonyl (C=O) groups is 4. The van der Waals surface area contributed by atoms with Crippen molar-refractivity contribution in [1.29, 1.82) is 0 Å². The van der Waals surface area contributed by atoms with Crippen molar-refractivity contribution in [3.05, 3.63) is 52.9 Å². The molecule has 0 saturated carbocycles. The topological polar surface area (TPSA) is 126 Å². The number of nitrogens with zero attached hydrogens (tertiary/aromatic N) is 1. The number of benzene rings is 1. The molecule has 2 heterocycles. The Hall–Kier alpha value is -3.88. The van der Waals surface area contributed by atoms with Crippen LogP contribution < -0.4 is 5.32 Å². The zero-order chi connectivity index (χ0) is 20.4. The molecule has 0 aliphatic carbocycles. The summed E-state index contributed by atoms with van der Waals surface area (Å²) in [6, 6.07) is 7.54. The zero-order valence-corrected chi connectivity index (χ0v) is 15.0. The van der Waals surface area contributed by atoms with Crippen LogP contribution in [0.2, 0.25) is 0 Å². The van der Waals surface area contributed by atoms with Crippen LogP contribution in [-0.2, 0) is 14.3 Å². The molecule has 3 amide bonds. The van der Waals surface area contributed by atoms with E-state index in [0.29, 0.717) is 27.4 Å². The molecular formula is C19H16N2O7. The molecule has 2 aromatic rings. The molecule has 0 spiro atoms. The number of amides is 3. The Kier molecular flexibility index (Phi) is 4.99. The van der Waals surface area contributed by atoms with Crippen molar-refractivity contribution in [2.45, 2.75) is 6.92 Å². The molecule has 1 aliphatic heterocycles. The number of furan rings is 1. The quantitative estimate of drug-likeness (QED) is 0.459. The van der Waals surface area contributed by atoms with Crippen LogP contribution >= 0.6 is 0 Å². The molecule has 1 aliphatic rings. The zero-order valence-electron chi connectivity index (χ0n) is 15.0. The average Bonchev–Trinajstić information content (AvgIpc) is 3.21. The third-order valence-electron chi connectivity index (χ3n) is 4.17. The van der Waals surface area contributed by atoms with Gasteiger partial charge < -0.3 is 19.6 Å². The highest BCUT2D eigenvalue weighted by atomic mass is 16.5. The SMILES string of the molecule is COC(=O)c1cccc(-c2ccc(/C=C3/NC(=O)N(CC(=O)O)C3=O)o2)c1C. The molecular weight excluding hydrogens is 368 g/mol. The molecule has 1 saturated heterocycles. The first-order valence-electron chi connectivity index (χ1n) is 8.16. The first-order chi connectivity index (χ1) is 13.3. The number of carbonyl (C=O) groups excluding carboxylic acids is 3. The van der Waals surface area contributed by atoms with Crippen molar-refractivity contribution in [3.8, 4) is 11.3 Å². The molecule has 9 nitrogen and oxygen atoms in total. The summed E-state index contributed by atoms with van der Waals surface area (Å²) in [7, 11) is 1.30. The second-order valence-corrected chi connectivity index (χ2v) is 5.94. The number of ether oxygens (including phenoxy) is 1. The Morgan fingerprint density at radius 1 is 1.25 bits per heavy atom. The first kappa shape index (κ1) is 18.9. The Bertz CT molecular complexity index is 1020. The third-order valence-corrected chi connectivity index (χ3v) is 4.17. The van der Waals surface area contributed by atoms with Crippen LogP contribution in [0.25, 0.3) is 17.4 Å². The highest BCUT2D eigenvalue weighted by Crippen LogP contribution is 2.29. The highest BCUT2D eigenvalue weighted by molar-refractivity contribution is 6.15. The van der Waals surface area contributed by atoms with Crippen LogP contribution in [0.15, 0.2) is 40.4 Å². The largest absolute Gasteiger partial charge is 0.480 e. The lowest BCUT2D eigenvalue weighted by molar-refractivity contribution is -0.140. The van der Waals surface area contributed by atoms with Crippen molar-refractivity contribution in [3.63, 3.8) is 0 Å². The fourth-order valence-electron chi connectivity index (χ4n) is 2.80. The minimum absolute atomic E-state index is 0.0906. The average molecular weight is 384 g/mol. The van der Waals surface area contributed by atoms with E-state index in [0.717, 1.165) is 0 Å². The van der Waals surface area contributed by atoms with E-state index in [9.17, 15) is 19.2 Å². The maximum Gasteiger partial charge on any atom is 0.338 e. The van der Waals surface area contributed by atoms with Gasteiger partial charge in [0.15, 0.2) is 0 Å². The second kappa shape index (κ2) is 7.39. The highest BCUT2D eigenvalue weighted by Gasteiger charge is 2.35. The lowest BCUT2D eigenvalue weighted by atomic mass is 10.0. The first-order valence-corrected chi connectivity index (χ1v) is 8.16. The molecule has 0 radical (unpaired) electrons. The number of esters is 1. The monoisotopic (exact) mass is 384 g/mol. The second-order valence-electron chi connectivity index (χ2n) is 5.94. The Labute approximate surface area is 159 Å². The number of methoxy groups -OCH3 is 1.